The van der Waals surface area contributed by atoms with Crippen LogP contribution in [0.4, 0.5) is 5.69 Å². The number of benzene rings is 1. The highest BCUT2D eigenvalue weighted by Crippen LogP contribution is 2.03. The van der Waals surface area contributed by atoms with E-state index in [0.29, 0.717) is 5.69 Å². The molecule has 0 bridgehead atoms. The monoisotopic (exact) mass is 196 g/mol. The van der Waals surface area contributed by atoms with E-state index in [2.05, 4.69) is 10.5 Å². The molecule has 0 fully saturated rings. The first-order valence-electron chi connectivity index (χ1n) is 3.75. The molecule has 7 heteroatoms. The summed E-state index contributed by atoms with van der Waals surface area (Å²) in [6.45, 7) is 0. The number of para-hydroxylation sites is 1. The Bertz CT molecular complexity index is 300. The maximum absolute atomic E-state index is 10.0. The fourth-order valence-electron chi connectivity index (χ4n) is 0.760. The molecule has 0 aliphatic carbocycles. The summed E-state index contributed by atoms with van der Waals surface area (Å²) < 4.78 is 0. The van der Waals surface area contributed by atoms with E-state index in [0.717, 1.165) is 0 Å². The Kier molecular flexibility index (Phi) is 3.68. The Morgan fingerprint density at radius 3 is 2.64 bits per heavy atom. The lowest BCUT2D eigenvalue weighted by Gasteiger charge is -2.19. The number of nitrogens with two attached hydrogens (primary N) is 1. The van der Waals surface area contributed by atoms with Crippen LogP contribution in [0.15, 0.2) is 35.4 Å². The van der Waals surface area contributed by atoms with Gasteiger partial charge in [0.25, 0.3) is 0 Å². The van der Waals surface area contributed by atoms with E-state index >= 15 is 0 Å². The van der Waals surface area contributed by atoms with Gasteiger partial charge in [-0.05, 0) is 12.1 Å². The van der Waals surface area contributed by atoms with Gasteiger partial charge < -0.3 is 16.1 Å². The van der Waals surface area contributed by atoms with Gasteiger partial charge in [-0.25, -0.2) is 0 Å². The largest absolute Gasteiger partial charge is 0.744 e. The summed E-state index contributed by atoms with van der Waals surface area (Å²) in [6, 6.07) is 9.01. The Hall–Kier alpha value is -1.83. The van der Waals surface area contributed by atoms with Gasteiger partial charge in [-0.3, -0.25) is 10.9 Å². The van der Waals surface area contributed by atoms with Crippen molar-refractivity contribution in [1.29, 1.82) is 0 Å². The summed E-state index contributed by atoms with van der Waals surface area (Å²) in [5.74, 6) is -0.244. The molecule has 1 aromatic carbocycles. The first kappa shape index (κ1) is 10.3. The van der Waals surface area contributed by atoms with Crippen LogP contribution < -0.4 is 16.6 Å². The van der Waals surface area contributed by atoms with Gasteiger partial charge in [0, 0.05) is 0 Å². The number of hydrogen-bond donors (Lipinski definition) is 4. The van der Waals surface area contributed by atoms with Crippen molar-refractivity contribution in [2.75, 3.05) is 5.43 Å². The summed E-state index contributed by atoms with van der Waals surface area (Å²) in [5, 5.41) is 21.3. The lowest BCUT2D eigenvalue weighted by Crippen LogP contribution is -2.41. The van der Waals surface area contributed by atoms with Crippen molar-refractivity contribution in [2.24, 2.45) is 10.8 Å². The minimum absolute atomic E-state index is 0.244. The predicted molar refractivity (Wildman–Crippen MR) is 51.8 cm³/mol. The third kappa shape index (κ3) is 3.72. The van der Waals surface area contributed by atoms with Gasteiger partial charge in [-0.15, -0.1) is 5.10 Å². The molecule has 0 saturated carbocycles. The molecule has 0 aliphatic heterocycles. The SMILES string of the molecule is NC(=NNc1ccccc1)NN([O-])O. The number of hydrogen-bond acceptors (Lipinski definition) is 5. The van der Waals surface area contributed by atoms with E-state index in [1.165, 1.54) is 0 Å². The number of rotatable bonds is 3. The van der Waals surface area contributed by atoms with Crippen molar-refractivity contribution < 1.29 is 5.21 Å². The summed E-state index contributed by atoms with van der Waals surface area (Å²) in [5.41, 5.74) is 10.3. The summed E-state index contributed by atoms with van der Waals surface area (Å²) in [4.78, 5) is 0. The molecule has 1 rings (SSSR count). The zero-order chi connectivity index (χ0) is 10.4. The van der Waals surface area contributed by atoms with E-state index in [-0.39, 0.29) is 5.96 Å². The van der Waals surface area contributed by atoms with Crippen molar-refractivity contribution in [1.82, 2.24) is 10.8 Å². The van der Waals surface area contributed by atoms with Crippen molar-refractivity contribution >= 4 is 11.6 Å². The van der Waals surface area contributed by atoms with Crippen molar-refractivity contribution in [3.63, 3.8) is 0 Å². The number of guanidine groups is 1. The Balaban J connectivity index is 2.47. The molecule has 0 atom stereocenters. The molecule has 7 nitrogen and oxygen atoms in total. The van der Waals surface area contributed by atoms with Crippen LogP contribution in [0.2, 0.25) is 0 Å². The highest BCUT2D eigenvalue weighted by atomic mass is 16.8. The van der Waals surface area contributed by atoms with Crippen LogP contribution >= 0.6 is 0 Å². The number of anilines is 1. The third-order valence-corrected chi connectivity index (χ3v) is 1.29. The second-order valence-corrected chi connectivity index (χ2v) is 2.36. The van der Waals surface area contributed by atoms with E-state index in [9.17, 15) is 5.21 Å². The second kappa shape index (κ2) is 5.02. The molecule has 0 radical (unpaired) electrons. The summed E-state index contributed by atoms with van der Waals surface area (Å²) >= 11 is 0. The lowest BCUT2D eigenvalue weighted by atomic mass is 10.3. The molecule has 5 N–H and O–H groups in total. The molecule has 0 spiro atoms. The molecule has 76 valence electrons. The van der Waals surface area contributed by atoms with Gasteiger partial charge in [0.15, 0.2) is 0 Å². The predicted octanol–water partition coefficient (Wildman–Crippen LogP) is 0.0218. The van der Waals surface area contributed by atoms with Crippen LogP contribution in [0, 0.1) is 5.21 Å². The summed E-state index contributed by atoms with van der Waals surface area (Å²) in [7, 11) is 0. The highest BCUT2D eigenvalue weighted by Gasteiger charge is 1.90. The highest BCUT2D eigenvalue weighted by molar-refractivity contribution is 5.78. The van der Waals surface area contributed by atoms with E-state index in [4.69, 9.17) is 10.9 Å². The molecule has 0 aliphatic rings. The van der Waals surface area contributed by atoms with E-state index in [1.807, 2.05) is 23.6 Å². The average Bonchev–Trinajstić information content (AvgIpc) is 2.15. The van der Waals surface area contributed by atoms with Crippen LogP contribution in [-0.2, 0) is 0 Å². The zero-order valence-corrected chi connectivity index (χ0v) is 7.21. The molecule has 0 saturated heterocycles. The quantitative estimate of drug-likeness (QED) is 0.308. The fraction of sp³-hybridized carbons (Fsp3) is 0. The van der Waals surface area contributed by atoms with Crippen LogP contribution in [0.1, 0.15) is 0 Å². The fourth-order valence-corrected chi connectivity index (χ4v) is 0.760. The molecular weight excluding hydrogens is 186 g/mol. The minimum atomic E-state index is -0.536. The maximum atomic E-state index is 10.0. The smallest absolute Gasteiger partial charge is 0.227 e. The third-order valence-electron chi connectivity index (χ3n) is 1.29. The zero-order valence-electron chi connectivity index (χ0n) is 7.21. The van der Waals surface area contributed by atoms with Gasteiger partial charge in [0.2, 0.25) is 5.96 Å². The van der Waals surface area contributed by atoms with Crippen LogP contribution in [-0.4, -0.2) is 16.5 Å². The van der Waals surface area contributed by atoms with Crippen molar-refractivity contribution in [3.8, 4) is 0 Å². The Morgan fingerprint density at radius 2 is 2.07 bits per heavy atom. The number of hydrazine groups is 1. The van der Waals surface area contributed by atoms with Gasteiger partial charge in [0.05, 0.1) is 5.69 Å². The maximum Gasteiger partial charge on any atom is 0.227 e. The van der Waals surface area contributed by atoms with E-state index in [1.54, 1.807) is 12.1 Å². The minimum Gasteiger partial charge on any atom is -0.744 e. The van der Waals surface area contributed by atoms with Crippen LogP contribution in [0.25, 0.3) is 0 Å². The van der Waals surface area contributed by atoms with Gasteiger partial charge in [0.1, 0.15) is 0 Å². The molecule has 1 aromatic rings. The van der Waals surface area contributed by atoms with E-state index < -0.39 is 5.34 Å². The molecule has 14 heavy (non-hydrogen) atoms. The van der Waals surface area contributed by atoms with Crippen LogP contribution in [0.5, 0.6) is 0 Å². The van der Waals surface area contributed by atoms with Gasteiger partial charge in [-0.1, -0.05) is 18.2 Å². The van der Waals surface area contributed by atoms with Crippen molar-refractivity contribution in [3.05, 3.63) is 35.5 Å². The lowest BCUT2D eigenvalue weighted by molar-refractivity contribution is -0.0679. The second-order valence-electron chi connectivity index (χ2n) is 2.36. The molecule has 0 amide bonds. The van der Waals surface area contributed by atoms with Gasteiger partial charge in [-0.2, -0.15) is 5.34 Å². The average molecular weight is 196 g/mol. The van der Waals surface area contributed by atoms with Crippen molar-refractivity contribution in [2.45, 2.75) is 0 Å². The first-order valence-corrected chi connectivity index (χ1v) is 3.75. The first-order chi connectivity index (χ1) is 6.68. The standard InChI is InChI=1S/C7H10N5O2/c8-7(11-12(13)14)10-9-6-4-2-1-3-5-6/h1-5,9,13H,(H3,8,10,11)/q-1. The molecule has 0 aromatic heterocycles. The summed E-state index contributed by atoms with van der Waals surface area (Å²) in [6.07, 6.45) is 0. The normalized spacial score (nSPS) is 11.5. The number of hydrazone groups is 1. The number of nitrogens with zero attached hydrogens (tertiary/aromatic N) is 2. The van der Waals surface area contributed by atoms with Gasteiger partial charge >= 0.3 is 0 Å². The van der Waals surface area contributed by atoms with Crippen LogP contribution in [0.3, 0.4) is 0 Å². The number of nitrogens with one attached hydrogen (secondary N) is 2. The molecular formula is C7H10N5O2-. The Labute approximate surface area is 80.3 Å². The Morgan fingerprint density at radius 1 is 1.43 bits per heavy atom. The topological polar surface area (TPSA) is 109 Å². The molecule has 0 heterocycles. The molecule has 0 unspecified atom stereocenters.